The van der Waals surface area contributed by atoms with Crippen LogP contribution >= 0.6 is 0 Å². The summed E-state index contributed by atoms with van der Waals surface area (Å²) in [7, 11) is 5.54. The van der Waals surface area contributed by atoms with Gasteiger partial charge in [0.2, 0.25) is 0 Å². The van der Waals surface area contributed by atoms with Crippen LogP contribution in [0.3, 0.4) is 0 Å². The quantitative estimate of drug-likeness (QED) is 0.912. The van der Waals surface area contributed by atoms with Crippen molar-refractivity contribution in [2.24, 2.45) is 0 Å². The summed E-state index contributed by atoms with van der Waals surface area (Å²) in [6, 6.07) is 13.3. The maximum Gasteiger partial charge on any atom is 0.136 e. The van der Waals surface area contributed by atoms with E-state index in [9.17, 15) is 5.11 Å². The average molecular weight is 287 g/mol. The van der Waals surface area contributed by atoms with E-state index in [4.69, 9.17) is 9.47 Å². The van der Waals surface area contributed by atoms with Gasteiger partial charge in [-0.3, -0.25) is 0 Å². The Hall–Kier alpha value is -2.20. The summed E-state index contributed by atoms with van der Waals surface area (Å²) in [5.41, 5.74) is 1.70. The summed E-state index contributed by atoms with van der Waals surface area (Å²) in [5, 5.41) is 9.97. The van der Waals surface area contributed by atoms with E-state index in [1.54, 1.807) is 14.0 Å². The lowest BCUT2D eigenvalue weighted by Gasteiger charge is -2.18. The molecule has 1 atom stereocenters. The first-order chi connectivity index (χ1) is 10.0. The van der Waals surface area contributed by atoms with Crippen molar-refractivity contribution >= 4 is 5.69 Å². The minimum atomic E-state index is -0.673. The van der Waals surface area contributed by atoms with Crippen LogP contribution in [0.2, 0.25) is 0 Å². The van der Waals surface area contributed by atoms with E-state index in [1.807, 2.05) is 61.5 Å². The molecular weight excluding hydrogens is 266 g/mol. The number of anilines is 1. The summed E-state index contributed by atoms with van der Waals surface area (Å²) in [5.74, 6) is 1.93. The molecule has 4 heteroatoms. The Balaban J connectivity index is 2.37. The lowest BCUT2D eigenvalue weighted by Crippen LogP contribution is -2.08. The molecule has 112 valence electrons. The first-order valence-corrected chi connectivity index (χ1v) is 6.83. The average Bonchev–Trinajstić information content (AvgIpc) is 2.46. The normalized spacial score (nSPS) is 11.9. The van der Waals surface area contributed by atoms with Gasteiger partial charge < -0.3 is 19.5 Å². The third-order valence-corrected chi connectivity index (χ3v) is 3.23. The molecule has 0 saturated carbocycles. The van der Waals surface area contributed by atoms with Gasteiger partial charge in [-0.25, -0.2) is 0 Å². The largest absolute Gasteiger partial charge is 0.496 e. The predicted molar refractivity (Wildman–Crippen MR) is 84.5 cm³/mol. The van der Waals surface area contributed by atoms with Crippen LogP contribution in [0.15, 0.2) is 42.5 Å². The number of rotatable bonds is 5. The van der Waals surface area contributed by atoms with Crippen molar-refractivity contribution in [1.82, 2.24) is 0 Å². The number of benzene rings is 2. The van der Waals surface area contributed by atoms with Crippen molar-refractivity contribution in [2.45, 2.75) is 13.0 Å². The summed E-state index contributed by atoms with van der Waals surface area (Å²) in [4.78, 5) is 2.01. The molecule has 0 aliphatic heterocycles. The number of aliphatic hydroxyl groups excluding tert-OH is 1. The molecule has 1 N–H and O–H groups in total. The molecule has 2 rings (SSSR count). The van der Waals surface area contributed by atoms with Crippen LogP contribution in [0.4, 0.5) is 5.69 Å². The van der Waals surface area contributed by atoms with Gasteiger partial charge in [0.1, 0.15) is 17.2 Å². The fourth-order valence-corrected chi connectivity index (χ4v) is 2.15. The van der Waals surface area contributed by atoms with E-state index in [2.05, 4.69) is 0 Å². The number of aliphatic hydroxyl groups is 1. The van der Waals surface area contributed by atoms with E-state index in [0.29, 0.717) is 17.1 Å². The predicted octanol–water partition coefficient (Wildman–Crippen LogP) is 3.61. The van der Waals surface area contributed by atoms with Crippen molar-refractivity contribution in [2.75, 3.05) is 26.1 Å². The second-order valence-corrected chi connectivity index (χ2v) is 5.04. The van der Waals surface area contributed by atoms with Crippen LogP contribution in [0.25, 0.3) is 0 Å². The van der Waals surface area contributed by atoms with Gasteiger partial charge in [0, 0.05) is 25.8 Å². The minimum absolute atomic E-state index is 0.597. The minimum Gasteiger partial charge on any atom is -0.496 e. The Morgan fingerprint density at radius 1 is 1.05 bits per heavy atom. The molecule has 0 spiro atoms. The lowest BCUT2D eigenvalue weighted by atomic mass is 10.1. The smallest absolute Gasteiger partial charge is 0.136 e. The molecule has 0 aromatic heterocycles. The number of hydrogen-bond donors (Lipinski definition) is 1. The molecule has 0 unspecified atom stereocenters. The van der Waals surface area contributed by atoms with Crippen molar-refractivity contribution in [3.63, 3.8) is 0 Å². The van der Waals surface area contributed by atoms with Gasteiger partial charge in [-0.1, -0.05) is 12.1 Å². The number of methoxy groups -OCH3 is 1. The third-order valence-electron chi connectivity index (χ3n) is 3.23. The molecule has 0 aliphatic rings. The van der Waals surface area contributed by atoms with E-state index in [-0.39, 0.29) is 0 Å². The zero-order valence-corrected chi connectivity index (χ0v) is 12.8. The Labute approximate surface area is 125 Å². The van der Waals surface area contributed by atoms with Crippen LogP contribution in [-0.2, 0) is 0 Å². The van der Waals surface area contributed by atoms with Crippen molar-refractivity contribution in [1.29, 1.82) is 0 Å². The van der Waals surface area contributed by atoms with Crippen molar-refractivity contribution < 1.29 is 14.6 Å². The fourth-order valence-electron chi connectivity index (χ4n) is 2.15. The number of hydrogen-bond acceptors (Lipinski definition) is 4. The Kier molecular flexibility index (Phi) is 4.70. The topological polar surface area (TPSA) is 41.9 Å². The number of nitrogens with zero attached hydrogens (tertiary/aromatic N) is 1. The van der Waals surface area contributed by atoms with E-state index >= 15 is 0 Å². The Morgan fingerprint density at radius 3 is 2.33 bits per heavy atom. The van der Waals surface area contributed by atoms with Crippen LogP contribution in [0.5, 0.6) is 17.2 Å². The second-order valence-electron chi connectivity index (χ2n) is 5.04. The second kappa shape index (κ2) is 6.50. The zero-order chi connectivity index (χ0) is 15.4. The first-order valence-electron chi connectivity index (χ1n) is 6.83. The lowest BCUT2D eigenvalue weighted by molar-refractivity contribution is 0.190. The van der Waals surface area contributed by atoms with E-state index in [1.165, 1.54) is 0 Å². The summed E-state index contributed by atoms with van der Waals surface area (Å²) in [6.45, 7) is 1.70. The monoisotopic (exact) mass is 287 g/mol. The molecule has 0 aliphatic carbocycles. The molecule has 2 aromatic rings. The highest BCUT2D eigenvalue weighted by atomic mass is 16.5. The molecule has 4 nitrogen and oxygen atoms in total. The molecule has 21 heavy (non-hydrogen) atoms. The SMILES string of the molecule is COc1cccc(Oc2cccc(N(C)C)c2)c1[C@@H](C)O. The summed E-state index contributed by atoms with van der Waals surface area (Å²) in [6.07, 6.45) is -0.673. The molecule has 0 saturated heterocycles. The van der Waals surface area contributed by atoms with Crippen LogP contribution in [0, 0.1) is 0 Å². The maximum atomic E-state index is 9.97. The Morgan fingerprint density at radius 2 is 1.71 bits per heavy atom. The van der Waals surface area contributed by atoms with Crippen LogP contribution in [-0.4, -0.2) is 26.3 Å². The van der Waals surface area contributed by atoms with Gasteiger partial charge in [-0.15, -0.1) is 0 Å². The molecule has 0 amide bonds. The van der Waals surface area contributed by atoms with Gasteiger partial charge in [0.25, 0.3) is 0 Å². The highest BCUT2D eigenvalue weighted by molar-refractivity contribution is 5.52. The van der Waals surface area contributed by atoms with E-state index < -0.39 is 6.10 Å². The van der Waals surface area contributed by atoms with Gasteiger partial charge in [-0.05, 0) is 31.2 Å². The van der Waals surface area contributed by atoms with Gasteiger partial charge in [0.15, 0.2) is 0 Å². The molecule has 0 radical (unpaired) electrons. The summed E-state index contributed by atoms with van der Waals surface area (Å²) >= 11 is 0. The van der Waals surface area contributed by atoms with Crippen LogP contribution in [0.1, 0.15) is 18.6 Å². The van der Waals surface area contributed by atoms with Crippen molar-refractivity contribution in [3.8, 4) is 17.2 Å². The zero-order valence-electron chi connectivity index (χ0n) is 12.8. The van der Waals surface area contributed by atoms with Crippen molar-refractivity contribution in [3.05, 3.63) is 48.0 Å². The van der Waals surface area contributed by atoms with Crippen LogP contribution < -0.4 is 14.4 Å². The molecule has 2 aromatic carbocycles. The molecular formula is C17H21NO3. The van der Waals surface area contributed by atoms with Gasteiger partial charge >= 0.3 is 0 Å². The molecule has 0 bridgehead atoms. The Bertz CT molecular complexity index is 609. The third kappa shape index (κ3) is 3.47. The first kappa shape index (κ1) is 15.2. The van der Waals surface area contributed by atoms with E-state index in [0.717, 1.165) is 11.4 Å². The highest BCUT2D eigenvalue weighted by Gasteiger charge is 2.16. The molecule has 0 heterocycles. The van der Waals surface area contributed by atoms with Gasteiger partial charge in [0.05, 0.1) is 18.8 Å². The number of ether oxygens (including phenoxy) is 2. The fraction of sp³-hybridized carbons (Fsp3) is 0.294. The van der Waals surface area contributed by atoms with Gasteiger partial charge in [-0.2, -0.15) is 0 Å². The molecule has 0 fully saturated rings. The standard InChI is InChI=1S/C17H21NO3/c1-12(19)17-15(20-4)9-6-10-16(17)21-14-8-5-7-13(11-14)18(2)3/h5-12,19H,1-4H3/t12-/m1/s1. The highest BCUT2D eigenvalue weighted by Crippen LogP contribution is 2.36. The summed E-state index contributed by atoms with van der Waals surface area (Å²) < 4.78 is 11.2. The maximum absolute atomic E-state index is 9.97.